The SMILES string of the molecule is CC/C=C\C/C=C\C/C=C\C/C=C\C/C=C\C/C=C\CCCCC(=O)OC(COC(=O)CCCCCCCCCCCCC/C=C\C/C=C\C/C=C\C/C=C\CCCCC)COP(=O)(O)OCC(O)COP(=O)(O)OCC(O)COC(=O)CCCCCCCCCCCCCCC/C=C\C/C=C\C/C=C\C/C=C\CCCCC. The van der Waals surface area contributed by atoms with Gasteiger partial charge in [0.05, 0.1) is 26.4 Å². The van der Waals surface area contributed by atoms with Gasteiger partial charge in [0.1, 0.15) is 25.4 Å². The van der Waals surface area contributed by atoms with Crippen LogP contribution in [0, 0.1) is 0 Å². The van der Waals surface area contributed by atoms with Crippen LogP contribution in [0.1, 0.15) is 355 Å². The molecule has 0 bridgehead atoms. The molecule has 0 radical (unpaired) electrons. The number of aliphatic hydroxyl groups is 2. The molecule has 0 amide bonds. The van der Waals surface area contributed by atoms with Crippen LogP contribution in [0.25, 0.3) is 0 Å². The van der Waals surface area contributed by atoms with Gasteiger partial charge >= 0.3 is 33.6 Å². The average Bonchev–Trinajstić information content (AvgIpc) is 0.901. The Morgan fingerprint density at radius 3 is 0.761 bits per heavy atom. The summed E-state index contributed by atoms with van der Waals surface area (Å²) in [6.45, 7) is 2.48. The van der Waals surface area contributed by atoms with Crippen LogP contribution >= 0.6 is 15.6 Å². The normalized spacial score (nSPS) is 14.6. The van der Waals surface area contributed by atoms with E-state index in [4.69, 9.17) is 32.3 Å². The number of ether oxygens (including phenoxy) is 3. The lowest BCUT2D eigenvalue weighted by Crippen LogP contribution is -2.30. The third kappa shape index (κ3) is 87.6. The van der Waals surface area contributed by atoms with E-state index < -0.39 is 91.5 Å². The molecule has 18 heteroatoms. The zero-order valence-corrected chi connectivity index (χ0v) is 72.8. The van der Waals surface area contributed by atoms with E-state index in [1.54, 1.807) is 0 Å². The summed E-state index contributed by atoms with van der Waals surface area (Å²) in [5, 5.41) is 20.7. The van der Waals surface area contributed by atoms with Crippen LogP contribution in [-0.4, -0.2) is 95.9 Å². The summed E-state index contributed by atoms with van der Waals surface area (Å²) in [5.41, 5.74) is 0. The van der Waals surface area contributed by atoms with Crippen molar-refractivity contribution in [1.29, 1.82) is 0 Å². The van der Waals surface area contributed by atoms with Crippen molar-refractivity contribution in [2.24, 2.45) is 0 Å². The maximum Gasteiger partial charge on any atom is 0.472 e. The number of aliphatic hydroxyl groups excluding tert-OH is 2. The van der Waals surface area contributed by atoms with Crippen molar-refractivity contribution in [3.05, 3.63) is 170 Å². The monoisotopic (exact) mass is 1620 g/mol. The minimum Gasteiger partial charge on any atom is -0.463 e. The van der Waals surface area contributed by atoms with Gasteiger partial charge in [-0.1, -0.05) is 345 Å². The Hall–Kier alpha value is -5.09. The third-order valence-corrected chi connectivity index (χ3v) is 20.3. The number of phosphoric ester groups is 2. The van der Waals surface area contributed by atoms with Crippen molar-refractivity contribution >= 4 is 33.6 Å². The van der Waals surface area contributed by atoms with Crippen LogP contribution in [0.5, 0.6) is 0 Å². The number of hydrogen-bond donors (Lipinski definition) is 4. The molecule has 0 rings (SSSR count). The Morgan fingerprint density at radius 1 is 0.257 bits per heavy atom. The fourth-order valence-corrected chi connectivity index (χ4v) is 13.2. The number of allylic oxidation sites excluding steroid dienone is 28. The Kier molecular flexibility index (Phi) is 82.4. The molecule has 113 heavy (non-hydrogen) atoms. The molecule has 0 saturated carbocycles. The lowest BCUT2D eigenvalue weighted by Gasteiger charge is -2.21. The molecule has 16 nitrogen and oxygen atoms in total. The molecule has 4 N–H and O–H groups in total. The molecule has 0 fully saturated rings. The number of phosphoric acid groups is 2. The van der Waals surface area contributed by atoms with Crippen LogP contribution in [0.2, 0.25) is 0 Å². The fraction of sp³-hybridized carbons (Fsp3) is 0.674. The van der Waals surface area contributed by atoms with Crippen LogP contribution < -0.4 is 0 Å². The summed E-state index contributed by atoms with van der Waals surface area (Å²) in [6, 6.07) is 0. The number of carbonyl (C=O) groups excluding carboxylic acids is 3. The summed E-state index contributed by atoms with van der Waals surface area (Å²) in [6.07, 6.45) is 111. The van der Waals surface area contributed by atoms with E-state index in [2.05, 4.69) is 191 Å². The predicted molar refractivity (Wildman–Crippen MR) is 472 cm³/mol. The van der Waals surface area contributed by atoms with E-state index in [0.29, 0.717) is 25.7 Å². The summed E-state index contributed by atoms with van der Waals surface area (Å²) in [7, 11) is -9.83. The molecule has 0 aromatic rings. The highest BCUT2D eigenvalue weighted by atomic mass is 31.2. The topological polar surface area (TPSA) is 231 Å². The van der Waals surface area contributed by atoms with Crippen molar-refractivity contribution in [2.75, 3.05) is 39.6 Å². The second-order valence-corrected chi connectivity index (χ2v) is 32.2. The van der Waals surface area contributed by atoms with Crippen LogP contribution in [0.3, 0.4) is 0 Å². The highest BCUT2D eigenvalue weighted by Gasteiger charge is 2.29. The Balaban J connectivity index is 4.66. The lowest BCUT2D eigenvalue weighted by atomic mass is 10.0. The highest BCUT2D eigenvalue weighted by Crippen LogP contribution is 2.45. The van der Waals surface area contributed by atoms with Crippen LogP contribution in [0.4, 0.5) is 0 Å². The maximum absolute atomic E-state index is 13.0. The average molecular weight is 1620 g/mol. The first-order chi connectivity index (χ1) is 55.2. The van der Waals surface area contributed by atoms with Gasteiger partial charge in [0.15, 0.2) is 6.10 Å². The Bertz CT molecular complexity index is 2730. The highest BCUT2D eigenvalue weighted by molar-refractivity contribution is 7.47. The number of unbranched alkanes of at least 4 members (excludes halogenated alkanes) is 32. The van der Waals surface area contributed by atoms with Crippen molar-refractivity contribution in [3.8, 4) is 0 Å². The largest absolute Gasteiger partial charge is 0.472 e. The molecule has 0 aromatic heterocycles. The van der Waals surface area contributed by atoms with E-state index in [1.165, 1.54) is 148 Å². The second kappa shape index (κ2) is 86.3. The molecule has 0 aliphatic rings. The number of carbonyl (C=O) groups is 3. The van der Waals surface area contributed by atoms with Gasteiger partial charge in [-0.05, 0) is 161 Å². The first-order valence-electron chi connectivity index (χ1n) is 44.4. The first kappa shape index (κ1) is 108. The third-order valence-electron chi connectivity index (χ3n) is 18.4. The molecule has 0 aromatic carbocycles. The summed E-state index contributed by atoms with van der Waals surface area (Å²) < 4.78 is 61.4. The van der Waals surface area contributed by atoms with Gasteiger partial charge in [-0.25, -0.2) is 9.13 Å². The molecule has 0 aliphatic carbocycles. The predicted octanol–water partition coefficient (Wildman–Crippen LogP) is 27.1. The molecule has 646 valence electrons. The minimum atomic E-state index is -4.96. The summed E-state index contributed by atoms with van der Waals surface area (Å²) in [4.78, 5) is 58.9. The zero-order valence-electron chi connectivity index (χ0n) is 71.0. The van der Waals surface area contributed by atoms with Crippen LogP contribution in [0.15, 0.2) is 170 Å². The van der Waals surface area contributed by atoms with Crippen molar-refractivity contribution in [2.45, 2.75) is 373 Å². The second-order valence-electron chi connectivity index (χ2n) is 29.3. The van der Waals surface area contributed by atoms with Gasteiger partial charge < -0.3 is 34.2 Å². The van der Waals surface area contributed by atoms with E-state index in [1.807, 2.05) is 0 Å². The standard InChI is InChI=1S/C95H160O16P2/c1-4-7-10-13-16-19-22-25-28-31-34-37-39-41-43-44-46-48-49-52-54-57-60-63-66-69-72-75-78-81-93(98)105-84-90(96)85-107-112(101,102)108-86-91(97)87-109-113(103,104)110-89-92(111-95(100)83-80-77-74-71-68-65-62-59-56-51-36-33-30-27-24-21-18-15-12-9-6-3)88-106-94(99)82-79-76-73-70-67-64-61-58-55-53-50-47-45-42-40-38-35-32-29-26-23-20-17-14-11-8-5-2/h9,12,16-21,25-30,34-38,41-43,45,51,59,62,68,71,90-92,96-97H,4-8,10-11,13-15,22-24,31-33,39-40,44,46-50,52-58,60-61,63-67,69-70,72-89H2,1-3H3,(H,101,102)(H,103,104)/b12-9-,19-16-,20-17-,21-18-,28-25-,29-26-,30-27-,37-34-,38-35-,43-41-,45-42-,51-36-,62-59-,71-68-. The minimum absolute atomic E-state index is 0.0436. The quantitative estimate of drug-likeness (QED) is 0.0146. The maximum atomic E-state index is 13.0. The van der Waals surface area contributed by atoms with Gasteiger partial charge in [0, 0.05) is 19.3 Å². The fourth-order valence-electron chi connectivity index (χ4n) is 11.7. The van der Waals surface area contributed by atoms with Gasteiger partial charge in [0.25, 0.3) is 0 Å². The smallest absolute Gasteiger partial charge is 0.463 e. The number of esters is 3. The molecule has 0 saturated heterocycles. The van der Waals surface area contributed by atoms with Gasteiger partial charge in [0.2, 0.25) is 0 Å². The van der Waals surface area contributed by atoms with E-state index in [-0.39, 0.29) is 19.3 Å². The van der Waals surface area contributed by atoms with Gasteiger partial charge in [-0.3, -0.25) is 32.5 Å². The molecule has 5 atom stereocenters. The molecule has 0 spiro atoms. The summed E-state index contributed by atoms with van der Waals surface area (Å²) >= 11 is 0. The molecular weight excluding hydrogens is 1460 g/mol. The Labute approximate surface area is 688 Å². The number of rotatable bonds is 83. The molecule has 0 aliphatic heterocycles. The van der Waals surface area contributed by atoms with E-state index in [9.17, 15) is 43.5 Å². The molecular formula is C95H160O16P2. The van der Waals surface area contributed by atoms with Gasteiger partial charge in [-0.15, -0.1) is 0 Å². The number of hydrogen-bond acceptors (Lipinski definition) is 14. The van der Waals surface area contributed by atoms with Crippen molar-refractivity contribution < 1.29 is 75.8 Å². The molecule has 0 heterocycles. The van der Waals surface area contributed by atoms with Crippen molar-refractivity contribution in [3.63, 3.8) is 0 Å². The van der Waals surface area contributed by atoms with Crippen molar-refractivity contribution in [1.82, 2.24) is 0 Å². The van der Waals surface area contributed by atoms with E-state index in [0.717, 1.165) is 141 Å². The zero-order chi connectivity index (χ0) is 82.2. The van der Waals surface area contributed by atoms with Crippen LogP contribution in [-0.2, 0) is 55.8 Å². The first-order valence-corrected chi connectivity index (χ1v) is 47.4. The molecule has 5 unspecified atom stereocenters. The lowest BCUT2D eigenvalue weighted by molar-refractivity contribution is -0.161. The van der Waals surface area contributed by atoms with Gasteiger partial charge in [-0.2, -0.15) is 0 Å². The summed E-state index contributed by atoms with van der Waals surface area (Å²) in [5.74, 6) is -1.63. The Morgan fingerprint density at radius 2 is 0.469 bits per heavy atom. The van der Waals surface area contributed by atoms with E-state index >= 15 is 0 Å².